The van der Waals surface area contributed by atoms with Crippen LogP contribution in [0.15, 0.2) is 12.4 Å². The fraction of sp³-hybridized carbons (Fsp3) is 0.789. The van der Waals surface area contributed by atoms with Crippen molar-refractivity contribution in [3.8, 4) is 0 Å². The van der Waals surface area contributed by atoms with Crippen LogP contribution in [-0.4, -0.2) is 50.4 Å². The molecule has 5 nitrogen and oxygen atoms in total. The van der Waals surface area contributed by atoms with Gasteiger partial charge < -0.3 is 10.2 Å². The van der Waals surface area contributed by atoms with Crippen LogP contribution in [-0.2, 0) is 6.54 Å². The van der Waals surface area contributed by atoms with Crippen molar-refractivity contribution in [2.45, 2.75) is 69.6 Å². The van der Waals surface area contributed by atoms with E-state index in [0.717, 1.165) is 38.3 Å². The predicted octanol–water partition coefficient (Wildman–Crippen LogP) is 2.09. The van der Waals surface area contributed by atoms with Gasteiger partial charge in [0.05, 0.1) is 12.2 Å². The molecule has 0 bridgehead atoms. The van der Waals surface area contributed by atoms with Crippen LogP contribution in [0, 0.1) is 11.8 Å². The Morgan fingerprint density at radius 3 is 2.08 bits per heavy atom. The van der Waals surface area contributed by atoms with Gasteiger partial charge >= 0.3 is 0 Å². The van der Waals surface area contributed by atoms with E-state index in [1.54, 1.807) is 0 Å². The monoisotopic (exact) mass is 331 g/mol. The molecule has 2 aliphatic carbocycles. The molecule has 3 fully saturated rings. The maximum atomic E-state index is 9.87. The average Bonchev–Trinajstić information content (AvgIpc) is 2.98. The second kappa shape index (κ2) is 7.06. The average molecular weight is 331 g/mol. The third-order valence-electron chi connectivity index (χ3n) is 6.29. The molecule has 2 N–H and O–H groups in total. The second-order valence-corrected chi connectivity index (χ2v) is 8.10. The lowest BCUT2D eigenvalue weighted by Crippen LogP contribution is -2.38. The molecule has 0 spiro atoms. The second-order valence-electron chi connectivity index (χ2n) is 8.10. The van der Waals surface area contributed by atoms with Crippen molar-refractivity contribution in [3.05, 3.63) is 23.8 Å². The van der Waals surface area contributed by atoms with Gasteiger partial charge in [0.25, 0.3) is 0 Å². The van der Waals surface area contributed by atoms with Crippen molar-refractivity contribution < 1.29 is 10.2 Å². The lowest BCUT2D eigenvalue weighted by atomic mass is 9.79. The van der Waals surface area contributed by atoms with Gasteiger partial charge in [0.2, 0.25) is 0 Å². The summed E-state index contributed by atoms with van der Waals surface area (Å²) in [5.41, 5.74) is 1.18. The molecule has 2 saturated carbocycles. The smallest absolute Gasteiger partial charge is 0.131 e. The first-order valence-corrected chi connectivity index (χ1v) is 9.58. The minimum Gasteiger partial charge on any atom is -0.390 e. The third-order valence-corrected chi connectivity index (χ3v) is 6.29. The Labute approximate surface area is 144 Å². The quantitative estimate of drug-likeness (QED) is 0.887. The number of aliphatic hydroxyl groups is 2. The highest BCUT2D eigenvalue weighted by Gasteiger charge is 2.40. The van der Waals surface area contributed by atoms with E-state index < -0.39 is 12.2 Å². The zero-order valence-corrected chi connectivity index (χ0v) is 14.3. The zero-order valence-electron chi connectivity index (χ0n) is 14.3. The van der Waals surface area contributed by atoms with Gasteiger partial charge in [0.1, 0.15) is 5.82 Å². The summed E-state index contributed by atoms with van der Waals surface area (Å²) in [7, 11) is 0. The van der Waals surface area contributed by atoms with Crippen LogP contribution in [0.2, 0.25) is 0 Å². The topological polar surface area (TPSA) is 69.5 Å². The molecule has 3 aliphatic rings. The first kappa shape index (κ1) is 16.4. The van der Waals surface area contributed by atoms with Crippen LogP contribution >= 0.6 is 0 Å². The van der Waals surface area contributed by atoms with Gasteiger partial charge in [-0.1, -0.05) is 19.3 Å². The maximum Gasteiger partial charge on any atom is 0.131 e. The van der Waals surface area contributed by atoms with E-state index in [2.05, 4.69) is 14.9 Å². The zero-order chi connectivity index (χ0) is 16.5. The SMILES string of the molecule is O[C@@H]1C[C@@H]2CN(Cc3cnc(C4CCCCC4)nc3)C[C@@H]2C[C@H]1O. The van der Waals surface area contributed by atoms with Gasteiger partial charge in [-0.2, -0.15) is 0 Å². The molecular formula is C19H29N3O2. The molecule has 4 rings (SSSR count). The lowest BCUT2D eigenvalue weighted by molar-refractivity contribution is -0.0372. The number of hydrogen-bond donors (Lipinski definition) is 2. The molecule has 1 aromatic rings. The molecular weight excluding hydrogens is 302 g/mol. The van der Waals surface area contributed by atoms with Crippen LogP contribution in [0.25, 0.3) is 0 Å². The summed E-state index contributed by atoms with van der Waals surface area (Å²) in [6, 6.07) is 0. The fourth-order valence-corrected chi connectivity index (χ4v) is 4.91. The highest BCUT2D eigenvalue weighted by Crippen LogP contribution is 2.37. The summed E-state index contributed by atoms with van der Waals surface area (Å²) in [6.07, 6.45) is 10.8. The summed E-state index contributed by atoms with van der Waals surface area (Å²) in [4.78, 5) is 11.7. The van der Waals surface area contributed by atoms with E-state index >= 15 is 0 Å². The van der Waals surface area contributed by atoms with E-state index in [0.29, 0.717) is 17.8 Å². The molecule has 1 aliphatic heterocycles. The Kier molecular flexibility index (Phi) is 4.83. The molecule has 4 atom stereocenters. The van der Waals surface area contributed by atoms with Crippen LogP contribution in [0.5, 0.6) is 0 Å². The minimum absolute atomic E-state index is 0.519. The van der Waals surface area contributed by atoms with E-state index in [1.807, 2.05) is 12.4 Å². The van der Waals surface area contributed by atoms with Gasteiger partial charge in [-0.05, 0) is 37.5 Å². The lowest BCUT2D eigenvalue weighted by Gasteiger charge is -2.32. The van der Waals surface area contributed by atoms with Crippen molar-refractivity contribution in [1.82, 2.24) is 14.9 Å². The van der Waals surface area contributed by atoms with Gasteiger partial charge in [0, 0.05) is 43.5 Å². The number of aromatic nitrogens is 2. The summed E-state index contributed by atoms with van der Waals surface area (Å²) < 4.78 is 0. The molecule has 0 amide bonds. The van der Waals surface area contributed by atoms with Crippen LogP contribution < -0.4 is 0 Å². The van der Waals surface area contributed by atoms with Gasteiger partial charge in [-0.25, -0.2) is 9.97 Å². The number of rotatable bonds is 3. The third kappa shape index (κ3) is 3.48. The molecule has 132 valence electrons. The summed E-state index contributed by atoms with van der Waals surface area (Å²) in [5, 5.41) is 19.7. The summed E-state index contributed by atoms with van der Waals surface area (Å²) in [6.45, 7) is 2.90. The molecule has 5 heteroatoms. The van der Waals surface area contributed by atoms with Crippen LogP contribution in [0.4, 0.5) is 0 Å². The van der Waals surface area contributed by atoms with E-state index in [1.165, 1.54) is 37.7 Å². The van der Waals surface area contributed by atoms with Crippen molar-refractivity contribution in [1.29, 1.82) is 0 Å². The van der Waals surface area contributed by atoms with Crippen LogP contribution in [0.3, 0.4) is 0 Å². The first-order valence-electron chi connectivity index (χ1n) is 9.58. The molecule has 24 heavy (non-hydrogen) atoms. The number of likely N-dealkylation sites (tertiary alicyclic amines) is 1. The number of hydrogen-bond acceptors (Lipinski definition) is 5. The summed E-state index contributed by atoms with van der Waals surface area (Å²) >= 11 is 0. The Bertz CT molecular complexity index is 526. The van der Waals surface area contributed by atoms with E-state index in [4.69, 9.17) is 0 Å². The standard InChI is InChI=1S/C19H29N3O2/c23-17-6-15-11-22(12-16(15)7-18(17)24)10-13-8-20-19(21-9-13)14-4-2-1-3-5-14/h8-9,14-18,23-24H,1-7,10-12H2/t15-,16+,17-,18-/m1/s1. The molecule has 0 aromatic carbocycles. The largest absolute Gasteiger partial charge is 0.390 e. The molecule has 1 saturated heterocycles. The molecule has 0 radical (unpaired) electrons. The minimum atomic E-state index is -0.538. The highest BCUT2D eigenvalue weighted by molar-refractivity contribution is 5.09. The Morgan fingerprint density at radius 1 is 0.917 bits per heavy atom. The summed E-state index contributed by atoms with van der Waals surface area (Å²) in [5.74, 6) is 2.63. The predicted molar refractivity (Wildman–Crippen MR) is 91.4 cm³/mol. The first-order chi connectivity index (χ1) is 11.7. The number of fused-ring (bicyclic) bond motifs is 1. The Hall–Kier alpha value is -1.04. The Morgan fingerprint density at radius 2 is 1.50 bits per heavy atom. The van der Waals surface area contributed by atoms with E-state index in [-0.39, 0.29) is 0 Å². The van der Waals surface area contributed by atoms with Crippen molar-refractivity contribution in [2.24, 2.45) is 11.8 Å². The van der Waals surface area contributed by atoms with E-state index in [9.17, 15) is 10.2 Å². The molecule has 2 heterocycles. The van der Waals surface area contributed by atoms with Crippen molar-refractivity contribution in [2.75, 3.05) is 13.1 Å². The Balaban J connectivity index is 1.34. The highest BCUT2D eigenvalue weighted by atomic mass is 16.3. The van der Waals surface area contributed by atoms with Crippen molar-refractivity contribution >= 4 is 0 Å². The maximum absolute atomic E-state index is 9.87. The fourth-order valence-electron chi connectivity index (χ4n) is 4.91. The van der Waals surface area contributed by atoms with Gasteiger partial charge in [-0.15, -0.1) is 0 Å². The number of nitrogens with zero attached hydrogens (tertiary/aromatic N) is 3. The van der Waals surface area contributed by atoms with Crippen molar-refractivity contribution in [3.63, 3.8) is 0 Å². The normalized spacial score (nSPS) is 35.1. The van der Waals surface area contributed by atoms with Crippen LogP contribution in [0.1, 0.15) is 62.3 Å². The molecule has 0 unspecified atom stereocenters. The van der Waals surface area contributed by atoms with Gasteiger partial charge in [-0.3, -0.25) is 4.90 Å². The molecule has 1 aromatic heterocycles. The number of aliphatic hydroxyl groups excluding tert-OH is 2. The van der Waals surface area contributed by atoms with Gasteiger partial charge in [0.15, 0.2) is 0 Å².